The van der Waals surface area contributed by atoms with Crippen LogP contribution in [0.4, 0.5) is 4.79 Å². The van der Waals surface area contributed by atoms with Crippen LogP contribution >= 0.6 is 11.6 Å². The first-order valence-corrected chi connectivity index (χ1v) is 6.76. The van der Waals surface area contributed by atoms with Gasteiger partial charge in [-0.25, -0.2) is 4.79 Å². The van der Waals surface area contributed by atoms with Crippen molar-refractivity contribution in [2.24, 2.45) is 0 Å². The van der Waals surface area contributed by atoms with Crippen LogP contribution in [0.15, 0.2) is 0 Å². The van der Waals surface area contributed by atoms with E-state index in [1.807, 2.05) is 0 Å². The van der Waals surface area contributed by atoms with E-state index in [9.17, 15) is 13.8 Å². The molecular weight excluding hydrogens is 240 g/mol. The van der Waals surface area contributed by atoms with Gasteiger partial charge in [-0.2, -0.15) is 0 Å². The molecule has 0 heterocycles. The van der Waals surface area contributed by atoms with Crippen molar-refractivity contribution in [2.45, 2.75) is 12.8 Å². The van der Waals surface area contributed by atoms with Gasteiger partial charge in [0.2, 0.25) is 5.91 Å². The van der Waals surface area contributed by atoms with E-state index < -0.39 is 22.7 Å². The van der Waals surface area contributed by atoms with Crippen LogP contribution in [0.5, 0.6) is 0 Å². The molecule has 0 aliphatic heterocycles. The summed E-state index contributed by atoms with van der Waals surface area (Å²) in [6.45, 7) is 0.402. The third kappa shape index (κ3) is 9.68. The summed E-state index contributed by atoms with van der Waals surface area (Å²) >= 11 is 5.32. The number of rotatable bonds is 6. The Labute approximate surface area is 96.4 Å². The lowest BCUT2D eigenvalue weighted by Gasteiger charge is -2.04. The van der Waals surface area contributed by atoms with Gasteiger partial charge in [0.05, 0.1) is 0 Å². The molecule has 0 fully saturated rings. The molecule has 0 radical (unpaired) electrons. The molecule has 0 aliphatic carbocycles. The van der Waals surface area contributed by atoms with Crippen molar-refractivity contribution in [3.63, 3.8) is 0 Å². The summed E-state index contributed by atoms with van der Waals surface area (Å²) in [5.74, 6) is 0.325. The highest BCUT2D eigenvalue weighted by Gasteiger charge is 2.05. The number of imide groups is 1. The maximum Gasteiger partial charge on any atom is 0.321 e. The minimum absolute atomic E-state index is 0.119. The van der Waals surface area contributed by atoms with Gasteiger partial charge in [0, 0.05) is 41.7 Å². The molecule has 0 saturated carbocycles. The third-order valence-corrected chi connectivity index (χ3v) is 2.52. The van der Waals surface area contributed by atoms with Crippen molar-refractivity contribution in [3.05, 3.63) is 0 Å². The maximum absolute atomic E-state index is 11.0. The Morgan fingerprint density at radius 1 is 1.40 bits per heavy atom. The molecule has 3 amide bonds. The van der Waals surface area contributed by atoms with Gasteiger partial charge in [0.15, 0.2) is 0 Å². The topological polar surface area (TPSA) is 75.3 Å². The van der Waals surface area contributed by atoms with E-state index in [4.69, 9.17) is 11.6 Å². The van der Waals surface area contributed by atoms with Crippen LogP contribution in [0.3, 0.4) is 0 Å². The minimum Gasteiger partial charge on any atom is -0.338 e. The molecule has 1 atom stereocenters. The fourth-order valence-electron chi connectivity index (χ4n) is 0.796. The van der Waals surface area contributed by atoms with Crippen LogP contribution in [0, 0.1) is 0 Å². The largest absolute Gasteiger partial charge is 0.338 e. The fourth-order valence-corrected chi connectivity index (χ4v) is 1.52. The van der Waals surface area contributed by atoms with Crippen molar-refractivity contribution in [1.82, 2.24) is 10.6 Å². The highest BCUT2D eigenvalue weighted by Crippen LogP contribution is 1.84. The summed E-state index contributed by atoms with van der Waals surface area (Å²) in [7, 11) is -0.850. The number of amides is 3. The Hall–Kier alpha value is -0.620. The molecule has 2 N–H and O–H groups in total. The van der Waals surface area contributed by atoms with Crippen molar-refractivity contribution in [3.8, 4) is 0 Å². The number of carbonyl (C=O) groups excluding carboxylic acids is 2. The molecule has 88 valence electrons. The molecule has 0 aromatic carbocycles. The van der Waals surface area contributed by atoms with E-state index in [-0.39, 0.29) is 12.3 Å². The zero-order valence-corrected chi connectivity index (χ0v) is 10.1. The van der Waals surface area contributed by atoms with Crippen molar-refractivity contribution >= 4 is 34.3 Å². The molecule has 0 saturated heterocycles. The average molecular weight is 255 g/mol. The van der Waals surface area contributed by atoms with Crippen molar-refractivity contribution < 1.29 is 13.8 Å². The van der Waals surface area contributed by atoms with Crippen LogP contribution in [0.1, 0.15) is 12.8 Å². The normalized spacial score (nSPS) is 11.9. The lowest BCUT2D eigenvalue weighted by atomic mass is 10.4. The SMILES string of the molecule is CS(=O)CCCNC(=O)NC(=O)CCCl. The second-order valence-corrected chi connectivity index (χ2v) is 4.81. The zero-order chi connectivity index (χ0) is 11.7. The third-order valence-electron chi connectivity index (χ3n) is 1.47. The molecule has 0 spiro atoms. The predicted molar refractivity (Wildman–Crippen MR) is 60.4 cm³/mol. The number of hydrogen-bond acceptors (Lipinski definition) is 3. The quantitative estimate of drug-likeness (QED) is 0.526. The van der Waals surface area contributed by atoms with Gasteiger partial charge in [-0.05, 0) is 6.42 Å². The minimum atomic E-state index is -0.850. The molecule has 0 aliphatic rings. The molecule has 0 bridgehead atoms. The number of nitrogens with one attached hydrogen (secondary N) is 2. The summed E-state index contributed by atoms with van der Waals surface area (Å²) in [6, 6.07) is -0.535. The lowest BCUT2D eigenvalue weighted by molar-refractivity contribution is -0.119. The highest BCUT2D eigenvalue weighted by molar-refractivity contribution is 7.84. The van der Waals surface area contributed by atoms with E-state index in [1.54, 1.807) is 6.26 Å². The summed E-state index contributed by atoms with van der Waals surface area (Å²) < 4.78 is 10.7. The monoisotopic (exact) mass is 254 g/mol. The Morgan fingerprint density at radius 3 is 2.60 bits per heavy atom. The smallest absolute Gasteiger partial charge is 0.321 e. The van der Waals surface area contributed by atoms with E-state index in [2.05, 4.69) is 10.6 Å². The molecule has 15 heavy (non-hydrogen) atoms. The molecule has 5 nitrogen and oxygen atoms in total. The van der Waals surface area contributed by atoms with Gasteiger partial charge >= 0.3 is 6.03 Å². The number of carbonyl (C=O) groups is 2. The lowest BCUT2D eigenvalue weighted by Crippen LogP contribution is -2.40. The number of urea groups is 1. The molecule has 1 unspecified atom stereocenters. The van der Waals surface area contributed by atoms with E-state index in [0.29, 0.717) is 18.7 Å². The van der Waals surface area contributed by atoms with E-state index >= 15 is 0 Å². The van der Waals surface area contributed by atoms with Crippen LogP contribution in [-0.2, 0) is 15.6 Å². The van der Waals surface area contributed by atoms with Gasteiger partial charge in [-0.15, -0.1) is 11.6 Å². The summed E-state index contributed by atoms with van der Waals surface area (Å²) in [5, 5.41) is 4.60. The first-order valence-electron chi connectivity index (χ1n) is 4.50. The second-order valence-electron chi connectivity index (χ2n) is 2.87. The van der Waals surface area contributed by atoms with Gasteiger partial charge in [0.25, 0.3) is 0 Å². The first-order chi connectivity index (χ1) is 7.06. The van der Waals surface area contributed by atoms with Crippen molar-refractivity contribution in [2.75, 3.05) is 24.4 Å². The molecule has 0 aromatic rings. The van der Waals surface area contributed by atoms with Gasteiger partial charge < -0.3 is 5.32 Å². The predicted octanol–water partition coefficient (Wildman–Crippen LogP) is 0.210. The summed E-state index contributed by atoms with van der Waals surface area (Å²) in [5.41, 5.74) is 0. The molecule has 7 heteroatoms. The van der Waals surface area contributed by atoms with E-state index in [1.165, 1.54) is 0 Å². The molecule has 0 rings (SSSR count). The van der Waals surface area contributed by atoms with Crippen LogP contribution in [0.25, 0.3) is 0 Å². The van der Waals surface area contributed by atoms with Crippen molar-refractivity contribution in [1.29, 1.82) is 0 Å². The fraction of sp³-hybridized carbons (Fsp3) is 0.750. The average Bonchev–Trinajstić information content (AvgIpc) is 2.12. The van der Waals surface area contributed by atoms with E-state index in [0.717, 1.165) is 0 Å². The first kappa shape index (κ1) is 14.4. The molecule has 0 aromatic heterocycles. The Morgan fingerprint density at radius 2 is 2.07 bits per heavy atom. The standard InChI is InChI=1S/C8H15ClN2O3S/c1-15(14)6-2-5-10-8(13)11-7(12)3-4-9/h2-6H2,1H3,(H2,10,11,12,13). The van der Waals surface area contributed by atoms with Crippen LogP contribution in [0.2, 0.25) is 0 Å². The van der Waals surface area contributed by atoms with Gasteiger partial charge in [-0.3, -0.25) is 14.3 Å². The Bertz CT molecular complexity index is 248. The van der Waals surface area contributed by atoms with Crippen LogP contribution < -0.4 is 10.6 Å². The highest BCUT2D eigenvalue weighted by atomic mass is 35.5. The Kier molecular flexibility index (Phi) is 8.31. The zero-order valence-electron chi connectivity index (χ0n) is 8.55. The molecular formula is C8H15ClN2O3S. The second kappa shape index (κ2) is 8.67. The van der Waals surface area contributed by atoms with Gasteiger partial charge in [-0.1, -0.05) is 0 Å². The van der Waals surface area contributed by atoms with Gasteiger partial charge in [0.1, 0.15) is 0 Å². The number of alkyl halides is 1. The van der Waals surface area contributed by atoms with Crippen LogP contribution in [-0.4, -0.2) is 40.6 Å². The maximum atomic E-state index is 11.0. The number of hydrogen-bond donors (Lipinski definition) is 2. The summed E-state index contributed by atoms with van der Waals surface area (Å²) in [6.07, 6.45) is 2.35. The summed E-state index contributed by atoms with van der Waals surface area (Å²) in [4.78, 5) is 21.9. The number of halogens is 1. The Balaban J connectivity index is 3.49.